The molecule has 1 aromatic carbocycles. The molecule has 0 aliphatic heterocycles. The average Bonchev–Trinajstić information content (AvgIpc) is 2.37. The first kappa shape index (κ1) is 16.3. The average molecular weight is 280 g/mol. The Labute approximate surface area is 120 Å². The molecule has 112 valence electrons. The van der Waals surface area contributed by atoms with E-state index in [-0.39, 0.29) is 5.92 Å². The number of hydrogen-bond acceptors (Lipinski definition) is 3. The van der Waals surface area contributed by atoms with Gasteiger partial charge in [0.15, 0.2) is 0 Å². The van der Waals surface area contributed by atoms with Crippen LogP contribution in [0.15, 0.2) is 12.1 Å². The van der Waals surface area contributed by atoms with Gasteiger partial charge in [0.25, 0.3) is 0 Å². The minimum Gasteiger partial charge on any atom is -0.496 e. The third kappa shape index (κ3) is 3.24. The van der Waals surface area contributed by atoms with E-state index in [1.807, 2.05) is 12.1 Å². The molecule has 0 heterocycles. The van der Waals surface area contributed by atoms with Crippen molar-refractivity contribution in [2.24, 2.45) is 5.41 Å². The van der Waals surface area contributed by atoms with Gasteiger partial charge < -0.3 is 14.6 Å². The fraction of sp³-hybridized carbons (Fsp3) is 0.562. The summed E-state index contributed by atoms with van der Waals surface area (Å²) in [6.45, 7) is 7.57. The summed E-state index contributed by atoms with van der Waals surface area (Å²) in [5.74, 6) is 0.887. The number of methoxy groups -OCH3 is 2. The molecule has 0 aliphatic carbocycles. The van der Waals surface area contributed by atoms with E-state index < -0.39 is 11.4 Å². The molecule has 1 N–H and O–H groups in total. The van der Waals surface area contributed by atoms with Gasteiger partial charge in [-0.2, -0.15) is 0 Å². The molecule has 1 aromatic rings. The molecule has 0 aromatic heterocycles. The second-order valence-corrected chi connectivity index (χ2v) is 5.88. The first-order valence-corrected chi connectivity index (χ1v) is 6.71. The summed E-state index contributed by atoms with van der Waals surface area (Å²) in [5, 5.41) is 9.35. The third-order valence-corrected chi connectivity index (χ3v) is 3.49. The van der Waals surface area contributed by atoms with Crippen molar-refractivity contribution >= 4 is 5.97 Å². The summed E-state index contributed by atoms with van der Waals surface area (Å²) >= 11 is 0. The fourth-order valence-corrected chi connectivity index (χ4v) is 2.33. The van der Waals surface area contributed by atoms with Gasteiger partial charge in [-0.05, 0) is 38.3 Å². The van der Waals surface area contributed by atoms with Crippen molar-refractivity contribution in [2.45, 2.75) is 40.0 Å². The summed E-state index contributed by atoms with van der Waals surface area (Å²) in [5.41, 5.74) is 1.07. The van der Waals surface area contributed by atoms with Crippen molar-refractivity contribution in [1.82, 2.24) is 0 Å². The van der Waals surface area contributed by atoms with Gasteiger partial charge in [-0.1, -0.05) is 13.8 Å². The predicted molar refractivity (Wildman–Crippen MR) is 78.8 cm³/mol. The van der Waals surface area contributed by atoms with E-state index >= 15 is 0 Å². The Balaban J connectivity index is 3.44. The first-order chi connectivity index (χ1) is 9.24. The maximum atomic E-state index is 11.4. The van der Waals surface area contributed by atoms with Crippen LogP contribution < -0.4 is 9.47 Å². The van der Waals surface area contributed by atoms with E-state index in [0.29, 0.717) is 12.2 Å². The lowest BCUT2D eigenvalue weighted by Crippen LogP contribution is -2.27. The number of hydrogen-bond donors (Lipinski definition) is 1. The number of carbonyl (C=O) groups is 1. The summed E-state index contributed by atoms with van der Waals surface area (Å²) in [6.07, 6.45) is 0.399. The number of rotatable bonds is 6. The van der Waals surface area contributed by atoms with Gasteiger partial charge in [0.2, 0.25) is 0 Å². The molecule has 0 bridgehead atoms. The van der Waals surface area contributed by atoms with Gasteiger partial charge in [0.1, 0.15) is 11.5 Å². The zero-order valence-corrected chi connectivity index (χ0v) is 13.1. The molecule has 0 aliphatic rings. The van der Waals surface area contributed by atoms with Crippen molar-refractivity contribution in [3.8, 4) is 11.5 Å². The molecule has 0 spiro atoms. The molecule has 0 fully saturated rings. The Bertz CT molecular complexity index is 489. The summed E-state index contributed by atoms with van der Waals surface area (Å²) in [4.78, 5) is 11.4. The van der Waals surface area contributed by atoms with E-state index in [0.717, 1.165) is 16.9 Å². The Kier molecular flexibility index (Phi) is 5.03. The second-order valence-electron chi connectivity index (χ2n) is 5.88. The number of benzene rings is 1. The van der Waals surface area contributed by atoms with Crippen LogP contribution in [0.25, 0.3) is 0 Å². The number of carboxylic acid groups (broad SMARTS) is 1. The zero-order chi connectivity index (χ0) is 15.5. The van der Waals surface area contributed by atoms with Gasteiger partial charge in [0, 0.05) is 11.1 Å². The van der Waals surface area contributed by atoms with Crippen molar-refractivity contribution in [1.29, 1.82) is 0 Å². The van der Waals surface area contributed by atoms with Gasteiger partial charge in [0.05, 0.1) is 19.6 Å². The van der Waals surface area contributed by atoms with Crippen LogP contribution >= 0.6 is 0 Å². The zero-order valence-electron chi connectivity index (χ0n) is 13.1. The van der Waals surface area contributed by atoms with E-state index in [1.165, 1.54) is 0 Å². The van der Waals surface area contributed by atoms with Crippen molar-refractivity contribution in [2.75, 3.05) is 14.2 Å². The highest BCUT2D eigenvalue weighted by atomic mass is 16.5. The van der Waals surface area contributed by atoms with Gasteiger partial charge in [-0.3, -0.25) is 4.79 Å². The highest BCUT2D eigenvalue weighted by molar-refractivity contribution is 5.74. The van der Waals surface area contributed by atoms with E-state index in [1.54, 1.807) is 28.1 Å². The first-order valence-electron chi connectivity index (χ1n) is 6.71. The molecule has 0 unspecified atom stereocenters. The molecule has 20 heavy (non-hydrogen) atoms. The third-order valence-electron chi connectivity index (χ3n) is 3.49. The lowest BCUT2D eigenvalue weighted by Gasteiger charge is -2.25. The van der Waals surface area contributed by atoms with Crippen LogP contribution in [0.3, 0.4) is 0 Å². The Hall–Kier alpha value is -1.71. The SMILES string of the molecule is COc1ccc(OC)c(C(C)C)c1CC(C)(C)C(=O)O. The maximum Gasteiger partial charge on any atom is 0.309 e. The van der Waals surface area contributed by atoms with Gasteiger partial charge >= 0.3 is 5.97 Å². The summed E-state index contributed by atoms with van der Waals surface area (Å²) < 4.78 is 10.8. The molecule has 0 radical (unpaired) electrons. The van der Waals surface area contributed by atoms with Crippen LogP contribution in [-0.2, 0) is 11.2 Å². The second kappa shape index (κ2) is 6.16. The summed E-state index contributed by atoms with van der Waals surface area (Å²) in [7, 11) is 3.23. The molecule has 4 nitrogen and oxygen atoms in total. The molecule has 0 amide bonds. The van der Waals surface area contributed by atoms with Crippen LogP contribution in [-0.4, -0.2) is 25.3 Å². The maximum absolute atomic E-state index is 11.4. The lowest BCUT2D eigenvalue weighted by molar-refractivity contribution is -0.146. The highest BCUT2D eigenvalue weighted by Gasteiger charge is 2.31. The Morgan fingerprint density at radius 1 is 1.20 bits per heavy atom. The monoisotopic (exact) mass is 280 g/mol. The Morgan fingerprint density at radius 2 is 1.70 bits per heavy atom. The van der Waals surface area contributed by atoms with Crippen LogP contribution in [0.4, 0.5) is 0 Å². The molecule has 4 heteroatoms. The van der Waals surface area contributed by atoms with Crippen LogP contribution in [0, 0.1) is 5.41 Å². The van der Waals surface area contributed by atoms with Crippen molar-refractivity contribution < 1.29 is 19.4 Å². The van der Waals surface area contributed by atoms with E-state index in [2.05, 4.69) is 13.8 Å². The largest absolute Gasteiger partial charge is 0.496 e. The standard InChI is InChI=1S/C16H24O4/c1-10(2)14-11(9-16(3,4)15(17)18)12(19-5)7-8-13(14)20-6/h7-8,10H,9H2,1-6H3,(H,17,18). The highest BCUT2D eigenvalue weighted by Crippen LogP contribution is 2.39. The predicted octanol–water partition coefficient (Wildman–Crippen LogP) is 3.48. The van der Waals surface area contributed by atoms with Gasteiger partial charge in [-0.15, -0.1) is 0 Å². The lowest BCUT2D eigenvalue weighted by atomic mass is 9.81. The normalized spacial score (nSPS) is 11.6. The summed E-state index contributed by atoms with van der Waals surface area (Å²) in [6, 6.07) is 3.70. The Morgan fingerprint density at radius 3 is 2.10 bits per heavy atom. The molecular formula is C16H24O4. The van der Waals surface area contributed by atoms with Crippen LogP contribution in [0.1, 0.15) is 44.7 Å². The quantitative estimate of drug-likeness (QED) is 0.866. The number of ether oxygens (including phenoxy) is 2. The minimum atomic E-state index is -0.858. The molecule has 0 saturated heterocycles. The van der Waals surface area contributed by atoms with Gasteiger partial charge in [-0.25, -0.2) is 0 Å². The number of carboxylic acids is 1. The topological polar surface area (TPSA) is 55.8 Å². The van der Waals surface area contributed by atoms with E-state index in [9.17, 15) is 9.90 Å². The van der Waals surface area contributed by atoms with Crippen molar-refractivity contribution in [3.05, 3.63) is 23.3 Å². The van der Waals surface area contributed by atoms with Crippen LogP contribution in [0.2, 0.25) is 0 Å². The van der Waals surface area contributed by atoms with E-state index in [4.69, 9.17) is 9.47 Å². The fourth-order valence-electron chi connectivity index (χ4n) is 2.33. The number of aliphatic carboxylic acids is 1. The smallest absolute Gasteiger partial charge is 0.309 e. The molecular weight excluding hydrogens is 256 g/mol. The molecule has 1 rings (SSSR count). The van der Waals surface area contributed by atoms with Crippen LogP contribution in [0.5, 0.6) is 11.5 Å². The molecule has 0 atom stereocenters. The molecule has 0 saturated carbocycles. The van der Waals surface area contributed by atoms with Crippen molar-refractivity contribution in [3.63, 3.8) is 0 Å². The minimum absolute atomic E-state index is 0.222.